The number of nitrogens with one attached hydrogen (secondary N) is 5. The van der Waals surface area contributed by atoms with Gasteiger partial charge in [-0.25, -0.2) is 34.9 Å². The first-order valence-electron chi connectivity index (χ1n) is 26.2. The Morgan fingerprint density at radius 2 is 1.44 bits per heavy atom. The first kappa shape index (κ1) is 61.6. The van der Waals surface area contributed by atoms with Crippen LogP contribution in [0.3, 0.4) is 0 Å². The molecule has 10 bridgehead atoms. The molecule has 5 atom stereocenters. The number of benzene rings is 1. The van der Waals surface area contributed by atoms with E-state index in [1.54, 1.807) is 70.9 Å². The van der Waals surface area contributed by atoms with Crippen molar-refractivity contribution in [2.45, 2.75) is 83.6 Å². The fraction of sp³-hybridized carbons (Fsp3) is 0.327. The summed E-state index contributed by atoms with van der Waals surface area (Å²) in [6.07, 6.45) is -2.70. The lowest BCUT2D eigenvalue weighted by molar-refractivity contribution is -0.148. The summed E-state index contributed by atoms with van der Waals surface area (Å²) in [4.78, 5) is 140. The number of pyridine rings is 1. The van der Waals surface area contributed by atoms with E-state index < -0.39 is 84.5 Å². The molecule has 1 unspecified atom stereocenters. The second-order valence-electron chi connectivity index (χ2n) is 19.7. The zero-order valence-corrected chi connectivity index (χ0v) is 50.8. The van der Waals surface area contributed by atoms with Crippen LogP contribution in [-0.2, 0) is 35.3 Å². The molecule has 0 saturated heterocycles. The zero-order valence-electron chi connectivity index (χ0n) is 45.9. The van der Waals surface area contributed by atoms with Gasteiger partial charge in [-0.2, -0.15) is 0 Å². The number of nitrogens with zero attached hydrogens (tertiary/aromatic N) is 7. The van der Waals surface area contributed by atoms with Crippen LogP contribution in [0.25, 0.3) is 43.4 Å². The molecule has 5 amide bonds. The lowest BCUT2D eigenvalue weighted by Crippen LogP contribution is -2.40. The molecular weight excluding hydrogens is 1210 g/mol. The van der Waals surface area contributed by atoms with E-state index in [0.717, 1.165) is 34.0 Å². The lowest BCUT2D eigenvalue weighted by Gasteiger charge is -2.23. The first-order chi connectivity index (χ1) is 40.8. The number of hydrogen-bond acceptors (Lipinski definition) is 23. The van der Waals surface area contributed by atoms with E-state index in [1.165, 1.54) is 48.2 Å². The van der Waals surface area contributed by atoms with Gasteiger partial charge in [0.1, 0.15) is 77.2 Å². The molecule has 0 aliphatic carbocycles. The van der Waals surface area contributed by atoms with Gasteiger partial charge in [-0.1, -0.05) is 44.2 Å². The monoisotopic (exact) mass is 1270 g/mol. The molecule has 24 nitrogen and oxygen atoms in total. The fourth-order valence-electron chi connectivity index (χ4n) is 8.93. The van der Waals surface area contributed by atoms with Gasteiger partial charge >= 0.3 is 11.9 Å². The third-order valence-electron chi connectivity index (χ3n) is 13.4. The summed E-state index contributed by atoms with van der Waals surface area (Å²) in [5, 5.41) is 53.0. The second kappa shape index (κ2) is 27.4. The largest absolute Gasteiger partial charge is 0.481 e. The summed E-state index contributed by atoms with van der Waals surface area (Å²) in [5.74, 6) is -7.63. The van der Waals surface area contributed by atoms with Crippen molar-refractivity contribution in [2.75, 3.05) is 26.0 Å². The minimum absolute atomic E-state index is 0.000771. The Balaban J connectivity index is 1.10. The van der Waals surface area contributed by atoms with Crippen molar-refractivity contribution < 1.29 is 58.4 Å². The van der Waals surface area contributed by atoms with E-state index in [2.05, 4.69) is 31.6 Å². The van der Waals surface area contributed by atoms with Gasteiger partial charge in [0.05, 0.1) is 53.5 Å². The molecule has 1 aliphatic heterocycles. The SMILES string of the molecule is CNC(=O)C[C@@H]1NC(=O)c2csc(n2)-c2ccc(-c3nc(NC(=O)CC[C@@H](CC(=O)O)C(=O)O)cs3)nc2-c2csc(n2)-c2csc(n2)[C@H]([C@@H](O)c2ccccc2)NC(=O)CNC(=O)c2nc(sc2COC)C(C(C)C)CC(=O)c2nc1sc2C. The van der Waals surface area contributed by atoms with Crippen LogP contribution in [0, 0.1) is 18.8 Å². The number of aliphatic carboxylic acids is 2. The number of carbonyl (C=O) groups excluding carboxylic acids is 6. The van der Waals surface area contributed by atoms with Gasteiger partial charge in [0, 0.05) is 64.9 Å². The molecule has 0 spiro atoms. The number of methoxy groups -OCH3 is 1. The van der Waals surface area contributed by atoms with Crippen LogP contribution in [0.2, 0.25) is 0 Å². The number of fused-ring (bicyclic) bond motifs is 14. The number of thiazole rings is 6. The van der Waals surface area contributed by atoms with Crippen molar-refractivity contribution in [3.8, 4) is 43.4 Å². The maximum Gasteiger partial charge on any atom is 0.307 e. The highest BCUT2D eigenvalue weighted by Gasteiger charge is 2.33. The Kier molecular flexibility index (Phi) is 19.8. The van der Waals surface area contributed by atoms with Crippen molar-refractivity contribution >= 4 is 121 Å². The van der Waals surface area contributed by atoms with Gasteiger partial charge in [0.2, 0.25) is 17.7 Å². The van der Waals surface area contributed by atoms with Gasteiger partial charge in [-0.3, -0.25) is 38.4 Å². The Hall–Kier alpha value is -7.97. The quantitative estimate of drug-likeness (QED) is 0.0480. The van der Waals surface area contributed by atoms with E-state index in [-0.39, 0.29) is 66.9 Å². The summed E-state index contributed by atoms with van der Waals surface area (Å²) >= 11 is 7.06. The van der Waals surface area contributed by atoms with E-state index in [9.17, 15) is 48.6 Å². The van der Waals surface area contributed by atoms with Gasteiger partial charge in [-0.15, -0.1) is 68.0 Å². The number of ketones is 1. The molecule has 1 aromatic carbocycles. The average molecular weight is 1270 g/mol. The number of aliphatic hydroxyl groups excluding tert-OH is 1. The minimum Gasteiger partial charge on any atom is -0.481 e. The molecule has 85 heavy (non-hydrogen) atoms. The highest BCUT2D eigenvalue weighted by atomic mass is 32.1. The smallest absolute Gasteiger partial charge is 0.307 e. The number of aryl methyl sites for hydroxylation is 1. The summed E-state index contributed by atoms with van der Waals surface area (Å²) < 4.78 is 5.46. The number of Topliss-reactive ketones (excluding diaryl/α,β-unsaturated/α-hetero) is 1. The van der Waals surface area contributed by atoms with E-state index >= 15 is 0 Å². The van der Waals surface area contributed by atoms with E-state index in [4.69, 9.17) is 39.7 Å². The van der Waals surface area contributed by atoms with Crippen LogP contribution in [-0.4, -0.2) is 118 Å². The summed E-state index contributed by atoms with van der Waals surface area (Å²) in [5.41, 5.74) is 2.53. The van der Waals surface area contributed by atoms with E-state index in [1.807, 2.05) is 13.8 Å². The standard InChI is InChI=1S/C55H54N12O12S6/c1-24(2)29-16-35(68)42-25(3)84-53(66-42)31(17-39(70)56-4)59-47(75)33-21-80-49(61-33)28-12-13-30(51-64-37(23-83-51)63-38(69)14-11-27(55(77)78)15-41(72)73)58-43(28)32-20-81-52(60-32)34-22-82-54(62-34)45(46(74)26-9-7-6-8-10-26)65-40(71)18-57-48(76)44-36(19-79-5)85-50(29)67-44/h6-10,12-13,20-24,27,29,31,45-46,74H,11,14-19H2,1-5H3,(H,56,70)(H,57,76)(H,59,75)(H,63,69)(H,65,71)(H,72,73)(H,77,78)/t27-,29?,31-,45-,46-/m0/s1. The van der Waals surface area contributed by atoms with Gasteiger partial charge < -0.3 is 46.6 Å². The zero-order chi connectivity index (χ0) is 60.6. The van der Waals surface area contributed by atoms with E-state index in [0.29, 0.717) is 73.7 Å². The molecule has 0 fully saturated rings. The van der Waals surface area contributed by atoms with Crippen LogP contribution in [0.4, 0.5) is 5.82 Å². The van der Waals surface area contributed by atoms with Crippen molar-refractivity contribution in [1.29, 1.82) is 0 Å². The number of carboxylic acids is 2. The molecular formula is C55H54N12O12S6. The highest BCUT2D eigenvalue weighted by Crippen LogP contribution is 2.41. The van der Waals surface area contributed by atoms with Crippen molar-refractivity contribution in [2.24, 2.45) is 11.8 Å². The Bertz CT molecular complexity index is 3810. The van der Waals surface area contributed by atoms with Crippen LogP contribution in [0.5, 0.6) is 0 Å². The molecule has 9 rings (SSSR count). The molecule has 8 N–H and O–H groups in total. The molecule has 1 aliphatic rings. The first-order valence-corrected chi connectivity index (χ1v) is 31.3. The normalized spacial score (nSPS) is 16.6. The number of aliphatic hydroxyl groups is 1. The maximum atomic E-state index is 14.3. The number of ether oxygens (including phenoxy) is 1. The Labute approximate surface area is 508 Å². The number of carboxylic acid groups (broad SMARTS) is 2. The minimum atomic E-state index is -1.33. The predicted octanol–water partition coefficient (Wildman–Crippen LogP) is 8.09. The van der Waals surface area contributed by atoms with Gasteiger partial charge in [0.25, 0.3) is 11.8 Å². The summed E-state index contributed by atoms with van der Waals surface area (Å²) in [6, 6.07) is 10.0. The third-order valence-corrected chi connectivity index (χ3v) is 19.1. The van der Waals surface area contributed by atoms with Crippen LogP contribution in [0.1, 0.15) is 132 Å². The van der Waals surface area contributed by atoms with Gasteiger partial charge in [0.15, 0.2) is 5.78 Å². The third kappa shape index (κ3) is 14.8. The van der Waals surface area contributed by atoms with Crippen LogP contribution in [0.15, 0.2) is 64.0 Å². The van der Waals surface area contributed by atoms with Gasteiger partial charge in [-0.05, 0) is 37.0 Å². The molecule has 8 aromatic rings. The number of amides is 5. The fourth-order valence-corrected chi connectivity index (χ4v) is 14.5. The number of hydrogen-bond donors (Lipinski definition) is 8. The number of carbonyl (C=O) groups is 8. The molecule has 7 aromatic heterocycles. The molecule has 0 saturated carbocycles. The topological polar surface area (TPSA) is 357 Å². The molecule has 30 heteroatoms. The predicted molar refractivity (Wildman–Crippen MR) is 320 cm³/mol. The lowest BCUT2D eigenvalue weighted by atomic mass is 9.90. The van der Waals surface area contributed by atoms with Crippen molar-refractivity contribution in [1.82, 2.24) is 56.2 Å². The molecule has 442 valence electrons. The number of aromatic nitrogens is 7. The Morgan fingerprint density at radius 1 is 0.729 bits per heavy atom. The van der Waals surface area contributed by atoms with Crippen molar-refractivity contribution in [3.63, 3.8) is 0 Å². The average Bonchev–Trinajstić information content (AvgIpc) is 3.50. The molecule has 8 heterocycles. The summed E-state index contributed by atoms with van der Waals surface area (Å²) in [7, 11) is 2.94. The maximum absolute atomic E-state index is 14.3. The van der Waals surface area contributed by atoms with Crippen LogP contribution < -0.4 is 26.6 Å². The summed E-state index contributed by atoms with van der Waals surface area (Å²) in [6.45, 7) is 5.09. The number of rotatable bonds is 15. The molecule has 0 radical (unpaired) electrons. The number of anilines is 1. The second-order valence-corrected chi connectivity index (χ2v) is 25.5. The van der Waals surface area contributed by atoms with Crippen LogP contribution >= 0.6 is 68.0 Å². The highest BCUT2D eigenvalue weighted by molar-refractivity contribution is 7.15. The van der Waals surface area contributed by atoms with Crippen molar-refractivity contribution in [3.05, 3.63) is 111 Å². The Morgan fingerprint density at radius 3 is 2.16 bits per heavy atom.